The van der Waals surface area contributed by atoms with Gasteiger partial charge in [0, 0.05) is 5.41 Å². The second-order valence-corrected chi connectivity index (χ2v) is 10.4. The van der Waals surface area contributed by atoms with Gasteiger partial charge in [0.15, 0.2) is 0 Å². The van der Waals surface area contributed by atoms with Crippen molar-refractivity contribution in [2.75, 3.05) is 14.2 Å². The Kier molecular flexibility index (Phi) is 6.73. The molecule has 0 N–H and O–H groups in total. The molecule has 4 aromatic carbocycles. The topological polar surface area (TPSA) is 66.0 Å². The molecule has 0 aromatic heterocycles. The first-order valence-electron chi connectivity index (χ1n) is 12.9. The fourth-order valence-electron chi connectivity index (χ4n) is 6.09. The summed E-state index contributed by atoms with van der Waals surface area (Å²) < 4.78 is 10.8. The van der Waals surface area contributed by atoms with Crippen molar-refractivity contribution >= 4 is 5.57 Å². The number of allylic oxidation sites excluding steroid dienone is 1. The summed E-state index contributed by atoms with van der Waals surface area (Å²) in [6.45, 7) is 4.59. The number of rotatable bonds is 7. The largest absolute Gasteiger partial charge is 0.497 e. The Bertz CT molecular complexity index is 1480. The second kappa shape index (κ2) is 10.2. The van der Waals surface area contributed by atoms with E-state index in [1.54, 1.807) is 14.2 Å². The summed E-state index contributed by atoms with van der Waals surface area (Å²) in [4.78, 5) is 0. The maximum atomic E-state index is 9.41. The maximum Gasteiger partial charge on any atom is 0.118 e. The molecular formula is C35H30N2O2. The minimum atomic E-state index is -0.334. The number of hydrogen-bond donors (Lipinski definition) is 0. The van der Waals surface area contributed by atoms with Gasteiger partial charge in [0.25, 0.3) is 0 Å². The normalized spacial score (nSPS) is 16.3. The van der Waals surface area contributed by atoms with Crippen molar-refractivity contribution in [3.05, 3.63) is 137 Å². The van der Waals surface area contributed by atoms with Crippen LogP contribution >= 0.6 is 0 Å². The van der Waals surface area contributed by atoms with E-state index >= 15 is 0 Å². The Morgan fingerprint density at radius 3 is 1.36 bits per heavy atom. The lowest BCUT2D eigenvalue weighted by atomic mass is 9.80. The molecule has 0 saturated heterocycles. The van der Waals surface area contributed by atoms with Gasteiger partial charge in [-0.1, -0.05) is 68.5 Å². The second-order valence-electron chi connectivity index (χ2n) is 10.4. The zero-order valence-electron chi connectivity index (χ0n) is 22.6. The van der Waals surface area contributed by atoms with Gasteiger partial charge in [0.05, 0.1) is 37.5 Å². The first kappa shape index (κ1) is 25.8. The molecule has 4 heteroatoms. The molecule has 0 aliphatic heterocycles. The Labute approximate surface area is 230 Å². The summed E-state index contributed by atoms with van der Waals surface area (Å²) in [5, 5.41) is 18.8. The van der Waals surface area contributed by atoms with Crippen molar-refractivity contribution in [2.45, 2.75) is 19.3 Å². The van der Waals surface area contributed by atoms with Crippen LogP contribution in [0.1, 0.15) is 47.2 Å². The van der Waals surface area contributed by atoms with Crippen molar-refractivity contribution in [2.24, 2.45) is 11.3 Å². The van der Waals surface area contributed by atoms with Crippen LogP contribution in [0.4, 0.5) is 0 Å². The number of benzene rings is 4. The molecule has 192 valence electrons. The van der Waals surface area contributed by atoms with Crippen LogP contribution in [0.2, 0.25) is 0 Å². The minimum Gasteiger partial charge on any atom is -0.497 e. The first-order valence-corrected chi connectivity index (χ1v) is 12.9. The summed E-state index contributed by atoms with van der Waals surface area (Å²) in [5.74, 6) is 1.76. The van der Waals surface area contributed by atoms with Gasteiger partial charge >= 0.3 is 0 Å². The van der Waals surface area contributed by atoms with E-state index in [1.165, 1.54) is 0 Å². The Balaban J connectivity index is 1.71. The van der Waals surface area contributed by atoms with Gasteiger partial charge in [-0.2, -0.15) is 10.5 Å². The van der Waals surface area contributed by atoms with Crippen molar-refractivity contribution in [1.82, 2.24) is 0 Å². The van der Waals surface area contributed by atoms with E-state index in [1.807, 2.05) is 48.5 Å². The van der Waals surface area contributed by atoms with Gasteiger partial charge in [-0.3, -0.25) is 0 Å². The van der Waals surface area contributed by atoms with Crippen LogP contribution in [-0.2, 0) is 5.41 Å². The summed E-state index contributed by atoms with van der Waals surface area (Å²) in [6, 6.07) is 36.7. The predicted molar refractivity (Wildman–Crippen MR) is 153 cm³/mol. The van der Waals surface area contributed by atoms with E-state index in [2.05, 4.69) is 80.6 Å². The molecule has 1 saturated carbocycles. The Morgan fingerprint density at radius 2 is 1.03 bits per heavy atom. The van der Waals surface area contributed by atoms with Gasteiger partial charge in [0.2, 0.25) is 0 Å². The number of nitrogens with zero attached hydrogens (tertiary/aromatic N) is 2. The molecule has 1 atom stereocenters. The van der Waals surface area contributed by atoms with Gasteiger partial charge in [-0.05, 0) is 87.7 Å². The molecule has 1 aliphatic rings. The lowest BCUT2D eigenvalue weighted by Gasteiger charge is -2.22. The Hall–Kier alpha value is -4.80. The molecule has 1 unspecified atom stereocenters. The maximum absolute atomic E-state index is 9.41. The number of nitriles is 2. The molecule has 0 bridgehead atoms. The van der Waals surface area contributed by atoms with E-state index in [9.17, 15) is 10.5 Å². The highest BCUT2D eigenvalue weighted by Crippen LogP contribution is 2.73. The van der Waals surface area contributed by atoms with Crippen molar-refractivity contribution in [3.63, 3.8) is 0 Å². The average Bonchev–Trinajstić information content (AvgIpc) is 3.50. The minimum absolute atomic E-state index is 0.139. The molecule has 1 fully saturated rings. The molecule has 0 spiro atoms. The zero-order valence-corrected chi connectivity index (χ0v) is 22.6. The van der Waals surface area contributed by atoms with Gasteiger partial charge in [0.1, 0.15) is 11.5 Å². The molecule has 0 radical (unpaired) electrons. The van der Waals surface area contributed by atoms with Gasteiger partial charge < -0.3 is 9.47 Å². The number of ether oxygens (including phenoxy) is 2. The Morgan fingerprint density at radius 1 is 0.641 bits per heavy atom. The molecule has 0 amide bonds. The summed E-state index contributed by atoms with van der Waals surface area (Å²) in [5.41, 5.74) is 6.42. The standard InChI is InChI=1S/C35H30N2O2/c1-34(2)33(21-32(26-9-17-30(38-3)18-10-26)27-11-19-31(39-4)20-12-27)35(34,28-13-5-24(22-36)6-14-28)29-15-7-25(23-37)8-16-29/h5-21,33H,1-4H3. The summed E-state index contributed by atoms with van der Waals surface area (Å²) in [7, 11) is 3.34. The molecule has 5 rings (SSSR count). The SMILES string of the molecule is COc1ccc(C(=CC2C(C)(C)C2(c2ccc(C#N)cc2)c2ccc(C#N)cc2)c2ccc(OC)cc2)cc1. The lowest BCUT2D eigenvalue weighted by Crippen LogP contribution is -2.17. The van der Waals surface area contributed by atoms with Crippen molar-refractivity contribution in [3.8, 4) is 23.6 Å². The van der Waals surface area contributed by atoms with Crippen LogP contribution in [0, 0.1) is 34.0 Å². The molecule has 0 heterocycles. The quantitative estimate of drug-likeness (QED) is 0.258. The smallest absolute Gasteiger partial charge is 0.118 e. The van der Waals surface area contributed by atoms with Crippen molar-refractivity contribution in [1.29, 1.82) is 10.5 Å². The summed E-state index contributed by atoms with van der Waals surface area (Å²) >= 11 is 0. The highest BCUT2D eigenvalue weighted by molar-refractivity contribution is 5.81. The fraction of sp³-hybridized carbons (Fsp3) is 0.200. The van der Waals surface area contributed by atoms with E-state index in [0.29, 0.717) is 11.1 Å². The molecule has 1 aliphatic carbocycles. The van der Waals surface area contributed by atoms with Gasteiger partial charge in [-0.15, -0.1) is 0 Å². The monoisotopic (exact) mass is 510 g/mol. The van der Waals surface area contributed by atoms with Crippen LogP contribution < -0.4 is 9.47 Å². The highest BCUT2D eigenvalue weighted by Gasteiger charge is 2.71. The first-order chi connectivity index (χ1) is 18.9. The zero-order chi connectivity index (χ0) is 27.6. The van der Waals surface area contributed by atoms with Crippen LogP contribution in [0.25, 0.3) is 5.57 Å². The van der Waals surface area contributed by atoms with Gasteiger partial charge in [-0.25, -0.2) is 0 Å². The summed E-state index contributed by atoms with van der Waals surface area (Å²) in [6.07, 6.45) is 2.39. The molecule has 4 nitrogen and oxygen atoms in total. The van der Waals surface area contributed by atoms with E-state index in [4.69, 9.17) is 9.47 Å². The molecule has 39 heavy (non-hydrogen) atoms. The third-order valence-electron chi connectivity index (χ3n) is 8.25. The third kappa shape index (κ3) is 4.35. The van der Waals surface area contributed by atoms with Crippen LogP contribution in [0.3, 0.4) is 0 Å². The van der Waals surface area contributed by atoms with E-state index in [-0.39, 0.29) is 16.7 Å². The number of hydrogen-bond acceptors (Lipinski definition) is 4. The highest BCUT2D eigenvalue weighted by atomic mass is 16.5. The lowest BCUT2D eigenvalue weighted by molar-refractivity contribution is 0.414. The van der Waals surface area contributed by atoms with Crippen LogP contribution in [0.15, 0.2) is 103 Å². The molecular weight excluding hydrogens is 480 g/mol. The van der Waals surface area contributed by atoms with Crippen LogP contribution in [0.5, 0.6) is 11.5 Å². The average molecular weight is 511 g/mol. The van der Waals surface area contributed by atoms with Crippen molar-refractivity contribution < 1.29 is 9.47 Å². The van der Waals surface area contributed by atoms with Crippen LogP contribution in [-0.4, -0.2) is 14.2 Å². The van der Waals surface area contributed by atoms with E-state index in [0.717, 1.165) is 39.3 Å². The number of methoxy groups -OCH3 is 2. The third-order valence-corrected chi connectivity index (χ3v) is 8.25. The molecule has 4 aromatic rings. The predicted octanol–water partition coefficient (Wildman–Crippen LogP) is 7.52. The van der Waals surface area contributed by atoms with E-state index < -0.39 is 0 Å². The fourth-order valence-corrected chi connectivity index (χ4v) is 6.09.